The lowest BCUT2D eigenvalue weighted by atomic mass is 10.1. The number of rotatable bonds is 2. The predicted molar refractivity (Wildman–Crippen MR) is 67.6 cm³/mol. The van der Waals surface area contributed by atoms with Crippen LogP contribution in [0.5, 0.6) is 0 Å². The Balaban J connectivity index is 1.90. The van der Waals surface area contributed by atoms with E-state index >= 15 is 0 Å². The van der Waals surface area contributed by atoms with Gasteiger partial charge in [-0.15, -0.1) is 0 Å². The Bertz CT molecular complexity index is 527. The van der Waals surface area contributed by atoms with Crippen molar-refractivity contribution in [3.8, 4) is 11.5 Å². The molecule has 1 aromatic heterocycles. The van der Waals surface area contributed by atoms with E-state index in [4.69, 9.17) is 4.42 Å². The van der Waals surface area contributed by atoms with Gasteiger partial charge in [-0.2, -0.15) is 0 Å². The summed E-state index contributed by atoms with van der Waals surface area (Å²) in [6.45, 7) is 6.84. The first-order valence-electron chi connectivity index (χ1n) is 6.12. The van der Waals surface area contributed by atoms with Gasteiger partial charge in [-0.1, -0.05) is 39.0 Å². The first kappa shape index (κ1) is 10.6. The maximum absolute atomic E-state index is 5.89. The monoisotopic (exact) mass is 227 g/mol. The van der Waals surface area contributed by atoms with Crippen molar-refractivity contribution in [1.82, 2.24) is 4.98 Å². The van der Waals surface area contributed by atoms with Crippen molar-refractivity contribution in [1.29, 1.82) is 0 Å². The van der Waals surface area contributed by atoms with Crippen molar-refractivity contribution in [3.63, 3.8) is 0 Å². The van der Waals surface area contributed by atoms with Crippen molar-refractivity contribution in [2.75, 3.05) is 0 Å². The Morgan fingerprint density at radius 3 is 2.41 bits per heavy atom. The van der Waals surface area contributed by atoms with E-state index in [-0.39, 0.29) is 0 Å². The fraction of sp³-hybridized carbons (Fsp3) is 0.400. The van der Waals surface area contributed by atoms with Crippen LogP contribution in [0.1, 0.15) is 32.4 Å². The average Bonchev–Trinajstić information content (AvgIpc) is 2.72. The molecule has 0 spiro atoms. The molecule has 0 N–H and O–H groups in total. The molecule has 1 saturated carbocycles. The van der Waals surface area contributed by atoms with Crippen LogP contribution >= 0.6 is 0 Å². The van der Waals surface area contributed by atoms with E-state index < -0.39 is 0 Å². The number of oxazole rings is 1. The zero-order valence-corrected chi connectivity index (χ0v) is 10.5. The minimum absolute atomic E-state index is 0.355. The standard InChI is InChI=1S/C15H17NO/c1-10-13(15(10,2)3)12-9-16-14(17-12)11-7-5-4-6-8-11/h4-10,13H,1-3H3/t10-,13+/m0/s1. The van der Waals surface area contributed by atoms with Gasteiger partial charge in [-0.3, -0.25) is 0 Å². The van der Waals surface area contributed by atoms with Crippen LogP contribution in [-0.4, -0.2) is 4.98 Å². The Labute approximate surface area is 102 Å². The highest BCUT2D eigenvalue weighted by Gasteiger charge is 2.57. The molecule has 1 aromatic carbocycles. The van der Waals surface area contributed by atoms with E-state index in [2.05, 4.69) is 25.8 Å². The molecule has 1 aliphatic carbocycles. The number of hydrogen-bond acceptors (Lipinski definition) is 2. The van der Waals surface area contributed by atoms with E-state index in [1.165, 1.54) is 0 Å². The average molecular weight is 227 g/mol. The highest BCUT2D eigenvalue weighted by Crippen LogP contribution is 2.64. The molecular formula is C15H17NO. The molecule has 0 saturated heterocycles. The van der Waals surface area contributed by atoms with Crippen molar-refractivity contribution in [2.45, 2.75) is 26.7 Å². The van der Waals surface area contributed by atoms with Crippen molar-refractivity contribution in [3.05, 3.63) is 42.3 Å². The van der Waals surface area contributed by atoms with Crippen LogP contribution < -0.4 is 0 Å². The first-order chi connectivity index (χ1) is 8.10. The second-order valence-electron chi connectivity index (χ2n) is 5.52. The summed E-state index contributed by atoms with van der Waals surface area (Å²) >= 11 is 0. The molecule has 0 unspecified atom stereocenters. The third kappa shape index (κ3) is 1.59. The Morgan fingerprint density at radius 1 is 1.18 bits per heavy atom. The SMILES string of the molecule is C[C@H]1[C@H](c2cnc(-c3ccccc3)o2)C1(C)C. The Morgan fingerprint density at radius 2 is 1.82 bits per heavy atom. The fourth-order valence-electron chi connectivity index (χ4n) is 2.65. The van der Waals surface area contributed by atoms with Crippen LogP contribution in [0, 0.1) is 11.3 Å². The summed E-state index contributed by atoms with van der Waals surface area (Å²) in [7, 11) is 0. The third-order valence-corrected chi connectivity index (χ3v) is 4.22. The molecule has 88 valence electrons. The second kappa shape index (κ2) is 3.46. The van der Waals surface area contributed by atoms with E-state index in [9.17, 15) is 0 Å². The summed E-state index contributed by atoms with van der Waals surface area (Å²) < 4.78 is 5.89. The van der Waals surface area contributed by atoms with Crippen molar-refractivity contribution in [2.24, 2.45) is 11.3 Å². The van der Waals surface area contributed by atoms with Gasteiger partial charge in [-0.05, 0) is 23.5 Å². The molecule has 1 fully saturated rings. The molecule has 2 heteroatoms. The van der Waals surface area contributed by atoms with Gasteiger partial charge < -0.3 is 4.42 Å². The molecule has 17 heavy (non-hydrogen) atoms. The molecule has 0 radical (unpaired) electrons. The fourth-order valence-corrected chi connectivity index (χ4v) is 2.65. The van der Waals surface area contributed by atoms with Gasteiger partial charge in [0.2, 0.25) is 5.89 Å². The lowest BCUT2D eigenvalue weighted by Gasteiger charge is -1.98. The Hall–Kier alpha value is -1.57. The van der Waals surface area contributed by atoms with Crippen molar-refractivity contribution < 1.29 is 4.42 Å². The Kier molecular flexibility index (Phi) is 2.15. The normalized spacial score (nSPS) is 25.8. The van der Waals surface area contributed by atoms with Crippen LogP contribution in [-0.2, 0) is 0 Å². The van der Waals surface area contributed by atoms with E-state index in [0.29, 0.717) is 17.3 Å². The smallest absolute Gasteiger partial charge is 0.226 e. The zero-order chi connectivity index (χ0) is 12.0. The third-order valence-electron chi connectivity index (χ3n) is 4.22. The van der Waals surface area contributed by atoms with E-state index in [1.54, 1.807) is 0 Å². The predicted octanol–water partition coefficient (Wildman–Crippen LogP) is 4.10. The van der Waals surface area contributed by atoms with Crippen LogP contribution in [0.15, 0.2) is 40.9 Å². The summed E-state index contributed by atoms with van der Waals surface area (Å²) in [5.41, 5.74) is 1.40. The highest BCUT2D eigenvalue weighted by atomic mass is 16.4. The number of hydrogen-bond donors (Lipinski definition) is 0. The molecule has 0 aliphatic heterocycles. The van der Waals surface area contributed by atoms with Gasteiger partial charge in [-0.25, -0.2) is 4.98 Å². The summed E-state index contributed by atoms with van der Waals surface area (Å²) in [6, 6.07) is 10.1. The van der Waals surface area contributed by atoms with Crippen LogP contribution in [0.2, 0.25) is 0 Å². The summed E-state index contributed by atoms with van der Waals surface area (Å²) in [5, 5.41) is 0. The molecule has 1 heterocycles. The first-order valence-corrected chi connectivity index (χ1v) is 6.12. The highest BCUT2D eigenvalue weighted by molar-refractivity contribution is 5.52. The summed E-state index contributed by atoms with van der Waals surface area (Å²) in [6.07, 6.45) is 1.89. The van der Waals surface area contributed by atoms with E-state index in [0.717, 1.165) is 17.2 Å². The van der Waals surface area contributed by atoms with Crippen molar-refractivity contribution >= 4 is 0 Å². The number of aromatic nitrogens is 1. The van der Waals surface area contributed by atoms with Crippen LogP contribution in [0.3, 0.4) is 0 Å². The molecule has 3 rings (SSSR count). The molecule has 0 bridgehead atoms. The minimum Gasteiger partial charge on any atom is -0.441 e. The van der Waals surface area contributed by atoms with Gasteiger partial charge >= 0.3 is 0 Å². The molecule has 2 aromatic rings. The topological polar surface area (TPSA) is 26.0 Å². The number of nitrogens with zero attached hydrogens (tertiary/aromatic N) is 1. The quantitative estimate of drug-likeness (QED) is 0.772. The molecule has 2 atom stereocenters. The van der Waals surface area contributed by atoms with Gasteiger partial charge in [0.25, 0.3) is 0 Å². The molecule has 2 nitrogen and oxygen atoms in total. The van der Waals surface area contributed by atoms with Gasteiger partial charge in [0.05, 0.1) is 6.20 Å². The van der Waals surface area contributed by atoms with Gasteiger partial charge in [0.15, 0.2) is 0 Å². The maximum Gasteiger partial charge on any atom is 0.226 e. The largest absolute Gasteiger partial charge is 0.441 e. The maximum atomic E-state index is 5.89. The molecule has 1 aliphatic rings. The minimum atomic E-state index is 0.355. The molecular weight excluding hydrogens is 210 g/mol. The zero-order valence-electron chi connectivity index (χ0n) is 10.5. The molecule has 0 amide bonds. The van der Waals surface area contributed by atoms with Crippen LogP contribution in [0.25, 0.3) is 11.5 Å². The summed E-state index contributed by atoms with van der Waals surface area (Å²) in [4.78, 5) is 4.38. The second-order valence-corrected chi connectivity index (χ2v) is 5.52. The van der Waals surface area contributed by atoms with Gasteiger partial charge in [0, 0.05) is 11.5 Å². The van der Waals surface area contributed by atoms with E-state index in [1.807, 2.05) is 36.5 Å². The van der Waals surface area contributed by atoms with Gasteiger partial charge in [0.1, 0.15) is 5.76 Å². The summed E-state index contributed by atoms with van der Waals surface area (Å²) in [5.74, 6) is 2.96. The number of benzene rings is 1. The lowest BCUT2D eigenvalue weighted by molar-refractivity contribution is 0.489. The lowest BCUT2D eigenvalue weighted by Crippen LogP contribution is -1.88. The van der Waals surface area contributed by atoms with Crippen LogP contribution in [0.4, 0.5) is 0 Å².